The zero-order chi connectivity index (χ0) is 29.7. The molecule has 1 saturated heterocycles. The average Bonchev–Trinajstić information content (AvgIpc) is 3.40. The molecule has 1 aromatic heterocycles. The normalized spacial score (nSPS) is 19.4. The topological polar surface area (TPSA) is 132 Å². The molecule has 2 aliphatic heterocycles. The highest BCUT2D eigenvalue weighted by Crippen LogP contribution is 2.54. The minimum Gasteiger partial charge on any atom is -0.325 e. The van der Waals surface area contributed by atoms with E-state index in [1.165, 1.54) is 53.1 Å². The number of hydrogen-bond acceptors (Lipinski definition) is 8. The summed E-state index contributed by atoms with van der Waals surface area (Å²) in [5.41, 5.74) is 1.09. The van der Waals surface area contributed by atoms with Crippen molar-refractivity contribution in [2.75, 3.05) is 10.2 Å². The number of rotatable bonds is 6. The zero-order valence-corrected chi connectivity index (χ0v) is 24.4. The summed E-state index contributed by atoms with van der Waals surface area (Å²) in [5, 5.41) is 13.3. The molecule has 0 saturated carbocycles. The number of thiazole rings is 1. The van der Waals surface area contributed by atoms with Crippen molar-refractivity contribution in [2.45, 2.75) is 22.7 Å². The van der Waals surface area contributed by atoms with E-state index in [2.05, 4.69) is 21.2 Å². The van der Waals surface area contributed by atoms with E-state index in [9.17, 15) is 33.7 Å². The van der Waals surface area contributed by atoms with Crippen LogP contribution in [-0.2, 0) is 20.9 Å². The summed E-state index contributed by atoms with van der Waals surface area (Å²) in [5.74, 6) is -3.51. The number of amides is 3. The number of thioether (sulfide) groups is 1. The number of halogens is 2. The van der Waals surface area contributed by atoms with Gasteiger partial charge in [-0.15, -0.1) is 0 Å². The second-order valence-corrected chi connectivity index (χ2v) is 12.6. The molecule has 3 unspecified atom stereocenters. The van der Waals surface area contributed by atoms with Gasteiger partial charge in [0.25, 0.3) is 5.69 Å². The number of imide groups is 1. The van der Waals surface area contributed by atoms with Crippen molar-refractivity contribution in [3.05, 3.63) is 113 Å². The van der Waals surface area contributed by atoms with Crippen LogP contribution in [0.3, 0.4) is 0 Å². The molecule has 2 aliphatic rings. The molecular formula is C28H18BrFN4O6S2. The minimum atomic E-state index is -0.912. The maximum atomic E-state index is 13.9. The lowest BCUT2D eigenvalue weighted by Crippen LogP contribution is -2.33. The molecule has 42 heavy (non-hydrogen) atoms. The quantitative estimate of drug-likeness (QED) is 0.171. The van der Waals surface area contributed by atoms with Crippen LogP contribution < -0.4 is 15.1 Å². The predicted molar refractivity (Wildman–Crippen MR) is 158 cm³/mol. The van der Waals surface area contributed by atoms with Gasteiger partial charge in [-0.25, -0.2) is 9.29 Å². The Kier molecular flexibility index (Phi) is 7.29. The monoisotopic (exact) mass is 668 g/mol. The van der Waals surface area contributed by atoms with Crippen molar-refractivity contribution in [3.8, 4) is 0 Å². The smallest absolute Gasteiger partial charge is 0.308 e. The van der Waals surface area contributed by atoms with E-state index in [-0.39, 0.29) is 17.9 Å². The van der Waals surface area contributed by atoms with Gasteiger partial charge in [0, 0.05) is 33.1 Å². The molecular weight excluding hydrogens is 651 g/mol. The number of aromatic nitrogens is 1. The van der Waals surface area contributed by atoms with Crippen LogP contribution in [0.25, 0.3) is 0 Å². The molecule has 3 aromatic carbocycles. The van der Waals surface area contributed by atoms with Crippen LogP contribution in [-0.4, -0.2) is 32.5 Å². The van der Waals surface area contributed by atoms with Crippen LogP contribution in [0.1, 0.15) is 16.4 Å². The van der Waals surface area contributed by atoms with Crippen molar-refractivity contribution >= 4 is 73.8 Å². The van der Waals surface area contributed by atoms with Crippen LogP contribution in [0.2, 0.25) is 0 Å². The average molecular weight is 670 g/mol. The van der Waals surface area contributed by atoms with Crippen molar-refractivity contribution in [2.24, 2.45) is 5.92 Å². The van der Waals surface area contributed by atoms with E-state index in [0.29, 0.717) is 21.2 Å². The standard InChI is InChI=1S/C28H18BrFN4O6S2/c29-15-3-1-2-14(12-15)21-22-23(26(37)33(25(22)36)18-8-10-19(11-9-18)34(39)40)41-27-24(21)42-28(38)32(27)13-20(35)31-17-6-4-16(30)5-7-17/h1-12,21-23H,13H2,(H,31,35). The first kappa shape index (κ1) is 28.0. The van der Waals surface area contributed by atoms with E-state index in [1.807, 2.05) is 18.2 Å². The lowest BCUT2D eigenvalue weighted by molar-refractivity contribution is -0.384. The van der Waals surface area contributed by atoms with Gasteiger partial charge in [0.15, 0.2) is 0 Å². The summed E-state index contributed by atoms with van der Waals surface area (Å²) < 4.78 is 15.3. The van der Waals surface area contributed by atoms with E-state index in [1.54, 1.807) is 6.07 Å². The summed E-state index contributed by atoms with van der Waals surface area (Å²) >= 11 is 5.43. The number of nitrogens with one attached hydrogen (secondary N) is 1. The van der Waals surface area contributed by atoms with Gasteiger partial charge >= 0.3 is 4.87 Å². The predicted octanol–water partition coefficient (Wildman–Crippen LogP) is 5.15. The summed E-state index contributed by atoms with van der Waals surface area (Å²) in [6.45, 7) is -0.355. The highest BCUT2D eigenvalue weighted by Gasteiger charge is 2.56. The van der Waals surface area contributed by atoms with Gasteiger partial charge in [0.2, 0.25) is 17.7 Å². The lowest BCUT2D eigenvalue weighted by atomic mass is 9.83. The highest BCUT2D eigenvalue weighted by atomic mass is 79.9. The largest absolute Gasteiger partial charge is 0.325 e. The molecule has 1 fully saturated rings. The molecule has 0 radical (unpaired) electrons. The van der Waals surface area contributed by atoms with Gasteiger partial charge in [-0.05, 0) is 54.1 Å². The number of hydrogen-bond donors (Lipinski definition) is 1. The van der Waals surface area contributed by atoms with Crippen LogP contribution in [0, 0.1) is 21.8 Å². The van der Waals surface area contributed by atoms with Gasteiger partial charge in [0.05, 0.1) is 21.6 Å². The van der Waals surface area contributed by atoms with Gasteiger partial charge in [0.1, 0.15) is 17.6 Å². The van der Waals surface area contributed by atoms with Crippen LogP contribution in [0.5, 0.6) is 0 Å². The molecule has 3 atom stereocenters. The van der Waals surface area contributed by atoms with E-state index in [0.717, 1.165) is 32.5 Å². The molecule has 3 amide bonds. The second-order valence-electron chi connectivity index (χ2n) is 9.56. The van der Waals surface area contributed by atoms with Crippen molar-refractivity contribution < 1.29 is 23.7 Å². The summed E-state index contributed by atoms with van der Waals surface area (Å²) in [6.07, 6.45) is 0. The van der Waals surface area contributed by atoms with Crippen LogP contribution >= 0.6 is 39.0 Å². The maximum absolute atomic E-state index is 13.9. The molecule has 4 aromatic rings. The van der Waals surface area contributed by atoms with Crippen molar-refractivity contribution in [1.82, 2.24) is 4.57 Å². The summed E-state index contributed by atoms with van der Waals surface area (Å²) in [4.78, 5) is 65.6. The van der Waals surface area contributed by atoms with Gasteiger partial charge in [-0.2, -0.15) is 0 Å². The number of carbonyl (C=O) groups excluding carboxylic acids is 3. The Bertz CT molecular complexity index is 1830. The summed E-state index contributed by atoms with van der Waals surface area (Å²) in [7, 11) is 0. The van der Waals surface area contributed by atoms with Crippen LogP contribution in [0.4, 0.5) is 21.5 Å². The Balaban J connectivity index is 1.40. The number of benzene rings is 3. The maximum Gasteiger partial charge on any atom is 0.308 e. The highest BCUT2D eigenvalue weighted by molar-refractivity contribution is 9.10. The molecule has 10 nitrogen and oxygen atoms in total. The van der Waals surface area contributed by atoms with Crippen molar-refractivity contribution in [1.29, 1.82) is 0 Å². The first-order chi connectivity index (χ1) is 20.1. The Labute approximate surface area is 253 Å². The first-order valence-corrected chi connectivity index (χ1v) is 14.9. The fraction of sp³-hybridized carbons (Fsp3) is 0.143. The van der Waals surface area contributed by atoms with Crippen LogP contribution in [0.15, 0.2) is 87.1 Å². The number of nitrogens with zero attached hydrogens (tertiary/aromatic N) is 3. The van der Waals surface area contributed by atoms with E-state index >= 15 is 0 Å². The minimum absolute atomic E-state index is 0.179. The number of carbonyl (C=O) groups is 3. The first-order valence-electron chi connectivity index (χ1n) is 12.5. The molecule has 212 valence electrons. The number of fused-ring (bicyclic) bond motifs is 2. The Morgan fingerprint density at radius 3 is 2.40 bits per heavy atom. The van der Waals surface area contributed by atoms with Gasteiger partial charge < -0.3 is 5.32 Å². The van der Waals surface area contributed by atoms with Crippen molar-refractivity contribution in [3.63, 3.8) is 0 Å². The Morgan fingerprint density at radius 1 is 1.02 bits per heavy atom. The third-order valence-corrected chi connectivity index (χ3v) is 10.1. The number of nitro groups is 1. The second kappa shape index (κ2) is 10.9. The summed E-state index contributed by atoms with van der Waals surface area (Å²) in [6, 6.07) is 17.6. The Hall–Kier alpha value is -4.14. The molecule has 0 bridgehead atoms. The lowest BCUT2D eigenvalue weighted by Gasteiger charge is -2.30. The number of nitro benzene ring substituents is 1. The fourth-order valence-electron chi connectivity index (χ4n) is 5.17. The molecule has 1 N–H and O–H groups in total. The molecule has 14 heteroatoms. The van der Waals surface area contributed by atoms with E-state index in [4.69, 9.17) is 0 Å². The molecule has 0 spiro atoms. The Morgan fingerprint density at radius 2 is 1.74 bits per heavy atom. The number of non-ortho nitro benzene ring substituents is 1. The van der Waals surface area contributed by atoms with Gasteiger partial charge in [-0.1, -0.05) is 51.2 Å². The van der Waals surface area contributed by atoms with E-state index < -0.39 is 50.4 Å². The third-order valence-electron chi connectivity index (χ3n) is 7.01. The fourth-order valence-corrected chi connectivity index (χ4v) is 8.36. The third kappa shape index (κ3) is 4.95. The molecule has 0 aliphatic carbocycles. The van der Waals surface area contributed by atoms with Gasteiger partial charge in [-0.3, -0.25) is 33.9 Å². The SMILES string of the molecule is O=C(Cn1c2c(sc1=O)C(c1cccc(Br)c1)C1C(=O)N(c3ccc([N+](=O)[O-])cc3)C(=O)C1S2)Nc1ccc(F)cc1. The zero-order valence-electron chi connectivity index (χ0n) is 21.2. The molecule has 6 rings (SSSR count). The number of anilines is 2. The molecule has 3 heterocycles.